The molecule has 0 radical (unpaired) electrons. The van der Waals surface area contributed by atoms with Gasteiger partial charge in [-0.1, -0.05) is 48.5 Å². The second-order valence-electron chi connectivity index (χ2n) is 8.91. The maximum Gasteiger partial charge on any atom is 0.323 e. The van der Waals surface area contributed by atoms with Crippen molar-refractivity contribution in [1.29, 1.82) is 0 Å². The molecule has 37 heavy (non-hydrogen) atoms. The van der Waals surface area contributed by atoms with E-state index >= 15 is 0 Å². The Morgan fingerprint density at radius 2 is 1.81 bits per heavy atom. The van der Waals surface area contributed by atoms with Crippen molar-refractivity contribution in [2.75, 3.05) is 28.3 Å². The molecule has 2 aromatic heterocycles. The van der Waals surface area contributed by atoms with Crippen LogP contribution in [-0.2, 0) is 13.0 Å². The highest BCUT2D eigenvalue weighted by molar-refractivity contribution is 7.98. The molecule has 1 aliphatic rings. The monoisotopic (exact) mass is 506 g/mol. The molecule has 0 aliphatic carbocycles. The van der Waals surface area contributed by atoms with Gasteiger partial charge in [0.25, 0.3) is 0 Å². The molecule has 0 saturated carbocycles. The van der Waals surface area contributed by atoms with Gasteiger partial charge in [-0.05, 0) is 48.1 Å². The molecule has 3 heterocycles. The van der Waals surface area contributed by atoms with Crippen LogP contribution in [0.25, 0.3) is 16.9 Å². The molecule has 5 aromatic rings. The first-order valence-corrected chi connectivity index (χ1v) is 13.4. The van der Waals surface area contributed by atoms with Gasteiger partial charge in [-0.3, -0.25) is 0 Å². The minimum atomic E-state index is -0.288. The summed E-state index contributed by atoms with van der Waals surface area (Å²) in [7, 11) is 0. The molecular formula is C29H26N6OS. The molecule has 0 saturated heterocycles. The predicted octanol–water partition coefficient (Wildman–Crippen LogP) is 6.32. The van der Waals surface area contributed by atoms with E-state index in [0.29, 0.717) is 5.69 Å². The zero-order valence-corrected chi connectivity index (χ0v) is 21.2. The first-order chi connectivity index (χ1) is 18.2. The van der Waals surface area contributed by atoms with E-state index in [-0.39, 0.29) is 6.03 Å². The Balaban J connectivity index is 1.28. The molecule has 3 aromatic carbocycles. The summed E-state index contributed by atoms with van der Waals surface area (Å²) in [6.45, 7) is 1.68. The number of nitrogens with one attached hydrogen (secondary N) is 2. The van der Waals surface area contributed by atoms with E-state index in [4.69, 9.17) is 4.98 Å². The van der Waals surface area contributed by atoms with Crippen molar-refractivity contribution >= 4 is 40.6 Å². The lowest BCUT2D eigenvalue weighted by Gasteiger charge is -2.30. The normalized spacial score (nSPS) is 12.8. The molecule has 6 rings (SSSR count). The number of thioether (sulfide) groups is 1. The molecule has 2 amide bonds. The number of rotatable bonds is 5. The summed E-state index contributed by atoms with van der Waals surface area (Å²) < 4.78 is 2.02. The second kappa shape index (κ2) is 9.99. The summed E-state index contributed by atoms with van der Waals surface area (Å²) in [5.74, 6) is 0.863. The van der Waals surface area contributed by atoms with Gasteiger partial charge >= 0.3 is 6.03 Å². The number of hydrogen-bond donors (Lipinski definition) is 2. The number of carbonyl (C=O) groups excluding carboxylic acids is 1. The first-order valence-electron chi connectivity index (χ1n) is 12.1. The van der Waals surface area contributed by atoms with Crippen molar-refractivity contribution in [2.24, 2.45) is 0 Å². The maximum atomic E-state index is 12.7. The van der Waals surface area contributed by atoms with Crippen LogP contribution in [0.4, 0.5) is 22.0 Å². The Hall–Kier alpha value is -4.30. The molecule has 0 spiro atoms. The predicted molar refractivity (Wildman–Crippen MR) is 150 cm³/mol. The highest BCUT2D eigenvalue weighted by atomic mass is 32.2. The number of benzene rings is 3. The number of carbonyl (C=O) groups is 1. The Labute approximate surface area is 219 Å². The van der Waals surface area contributed by atoms with Gasteiger partial charge in [0.1, 0.15) is 0 Å². The molecule has 2 N–H and O–H groups in total. The van der Waals surface area contributed by atoms with Gasteiger partial charge in [-0.15, -0.1) is 11.8 Å². The Bertz CT molecular complexity index is 1600. The number of amides is 2. The molecule has 8 heteroatoms. The van der Waals surface area contributed by atoms with Gasteiger partial charge in [0.15, 0.2) is 11.5 Å². The van der Waals surface area contributed by atoms with E-state index in [1.165, 1.54) is 11.1 Å². The quantitative estimate of drug-likeness (QED) is 0.273. The summed E-state index contributed by atoms with van der Waals surface area (Å²) in [6.07, 6.45) is 8.70. The number of aromatic nitrogens is 3. The van der Waals surface area contributed by atoms with E-state index in [0.717, 1.165) is 52.8 Å². The fraction of sp³-hybridized carbons (Fsp3) is 0.138. The molecule has 0 fully saturated rings. The average Bonchev–Trinajstić information content (AvgIpc) is 3.41. The highest BCUT2D eigenvalue weighted by Gasteiger charge is 2.21. The van der Waals surface area contributed by atoms with Crippen molar-refractivity contribution < 1.29 is 4.79 Å². The van der Waals surface area contributed by atoms with Crippen molar-refractivity contribution in [2.45, 2.75) is 17.9 Å². The van der Waals surface area contributed by atoms with Crippen LogP contribution in [-0.4, -0.2) is 33.2 Å². The Morgan fingerprint density at radius 3 is 2.70 bits per heavy atom. The summed E-state index contributed by atoms with van der Waals surface area (Å²) in [4.78, 5) is 25.7. The van der Waals surface area contributed by atoms with Crippen LogP contribution >= 0.6 is 11.8 Å². The van der Waals surface area contributed by atoms with E-state index < -0.39 is 0 Å². The van der Waals surface area contributed by atoms with Crippen LogP contribution < -0.4 is 15.5 Å². The molecule has 7 nitrogen and oxygen atoms in total. The van der Waals surface area contributed by atoms with Crippen molar-refractivity contribution in [3.8, 4) is 11.3 Å². The van der Waals surface area contributed by atoms with E-state index in [2.05, 4.69) is 44.8 Å². The molecular weight excluding hydrogens is 480 g/mol. The van der Waals surface area contributed by atoms with Crippen LogP contribution in [0.1, 0.15) is 11.1 Å². The first kappa shape index (κ1) is 23.1. The molecule has 0 unspecified atom stereocenters. The van der Waals surface area contributed by atoms with Crippen LogP contribution in [0.15, 0.2) is 96.3 Å². The van der Waals surface area contributed by atoms with E-state index in [1.54, 1.807) is 18.0 Å². The largest absolute Gasteiger partial charge is 0.349 e. The number of nitrogens with zero attached hydrogens (tertiary/aromatic N) is 4. The minimum absolute atomic E-state index is 0.288. The number of fused-ring (bicyclic) bond motifs is 2. The number of hydrogen-bond acceptors (Lipinski definition) is 5. The maximum absolute atomic E-state index is 12.7. The smallest absolute Gasteiger partial charge is 0.323 e. The fourth-order valence-electron chi connectivity index (χ4n) is 4.73. The van der Waals surface area contributed by atoms with E-state index in [1.807, 2.05) is 71.6 Å². The van der Waals surface area contributed by atoms with Crippen LogP contribution in [0.2, 0.25) is 0 Å². The van der Waals surface area contributed by atoms with Gasteiger partial charge in [0, 0.05) is 47.8 Å². The van der Waals surface area contributed by atoms with Crippen LogP contribution in [0, 0.1) is 0 Å². The third-order valence-corrected chi connectivity index (χ3v) is 7.35. The zero-order chi connectivity index (χ0) is 25.2. The average molecular weight is 507 g/mol. The molecule has 0 atom stereocenters. The molecule has 0 bridgehead atoms. The van der Waals surface area contributed by atoms with Gasteiger partial charge in [0.2, 0.25) is 0 Å². The number of urea groups is 1. The van der Waals surface area contributed by atoms with Gasteiger partial charge in [0.05, 0.1) is 11.4 Å². The summed E-state index contributed by atoms with van der Waals surface area (Å²) >= 11 is 1.59. The lowest BCUT2D eigenvalue weighted by Crippen LogP contribution is -2.31. The van der Waals surface area contributed by atoms with Crippen LogP contribution in [0.5, 0.6) is 0 Å². The van der Waals surface area contributed by atoms with Crippen molar-refractivity contribution in [3.05, 3.63) is 103 Å². The third-order valence-electron chi connectivity index (χ3n) is 6.56. The number of anilines is 3. The molecule has 184 valence electrons. The van der Waals surface area contributed by atoms with Crippen LogP contribution in [0.3, 0.4) is 0 Å². The fourth-order valence-corrected chi connectivity index (χ4v) is 5.29. The third kappa shape index (κ3) is 4.75. The van der Waals surface area contributed by atoms with Gasteiger partial charge < -0.3 is 19.9 Å². The van der Waals surface area contributed by atoms with Gasteiger partial charge in [-0.2, -0.15) is 0 Å². The standard InChI is InChI=1S/C29H26N6OS/c1-37-26-12-5-4-11-24(26)33-29(36)31-23-10-6-9-21(17-23)25-19-35-16-14-30-27(35)28(32-25)34-15-13-20-7-2-3-8-22(20)18-34/h2-12,14,16-17,19H,13,15,18H2,1H3,(H2,31,33,36). The topological polar surface area (TPSA) is 74.6 Å². The number of imidazole rings is 1. The zero-order valence-electron chi connectivity index (χ0n) is 20.4. The Morgan fingerprint density at radius 1 is 0.973 bits per heavy atom. The molecule has 1 aliphatic heterocycles. The highest BCUT2D eigenvalue weighted by Crippen LogP contribution is 2.30. The summed E-state index contributed by atoms with van der Waals surface area (Å²) in [5, 5.41) is 5.90. The minimum Gasteiger partial charge on any atom is -0.349 e. The van der Waals surface area contributed by atoms with E-state index in [9.17, 15) is 4.79 Å². The summed E-state index contributed by atoms with van der Waals surface area (Å²) in [6, 6.07) is 23.8. The van der Waals surface area contributed by atoms with Crippen molar-refractivity contribution in [3.63, 3.8) is 0 Å². The SMILES string of the molecule is CSc1ccccc1NC(=O)Nc1cccc(-c2cn3ccnc3c(N3CCc4ccccc4C3)n2)c1. The van der Waals surface area contributed by atoms with Gasteiger partial charge in [-0.25, -0.2) is 14.8 Å². The lowest BCUT2D eigenvalue weighted by molar-refractivity contribution is 0.262. The summed E-state index contributed by atoms with van der Waals surface area (Å²) in [5.41, 5.74) is 6.76. The second-order valence-corrected chi connectivity index (χ2v) is 9.76. The lowest BCUT2D eigenvalue weighted by atomic mass is 10.00. The Kier molecular flexibility index (Phi) is 6.24. The number of para-hydroxylation sites is 1. The van der Waals surface area contributed by atoms with Crippen molar-refractivity contribution in [1.82, 2.24) is 14.4 Å².